The number of nitrogens with two attached hydrogens (primary N) is 1. The van der Waals surface area contributed by atoms with Crippen LogP contribution in [-0.4, -0.2) is 38.9 Å². The fourth-order valence-corrected chi connectivity index (χ4v) is 3.09. The molecule has 1 amide bonds. The van der Waals surface area contributed by atoms with E-state index in [0.29, 0.717) is 28.7 Å². The van der Waals surface area contributed by atoms with Gasteiger partial charge in [0.1, 0.15) is 4.88 Å². The average Bonchev–Trinajstić information content (AvgIpc) is 2.77. The van der Waals surface area contributed by atoms with Gasteiger partial charge < -0.3 is 16.4 Å². The molecular weight excluding hydrogens is 298 g/mol. The summed E-state index contributed by atoms with van der Waals surface area (Å²) in [4.78, 5) is 12.3. The van der Waals surface area contributed by atoms with Crippen molar-refractivity contribution in [3.63, 3.8) is 0 Å². The largest absolute Gasteiger partial charge is 0.397 e. The zero-order valence-corrected chi connectivity index (χ0v) is 13.4. The van der Waals surface area contributed by atoms with Crippen LogP contribution in [0.5, 0.6) is 0 Å². The summed E-state index contributed by atoms with van der Waals surface area (Å²) in [5, 5.41) is 6.45. The third-order valence-electron chi connectivity index (χ3n) is 2.65. The minimum atomic E-state index is -2.99. The van der Waals surface area contributed by atoms with E-state index in [0.717, 1.165) is 6.42 Å². The first-order chi connectivity index (χ1) is 9.39. The topological polar surface area (TPSA) is 101 Å². The normalized spacial score (nSPS) is 11.3. The van der Waals surface area contributed by atoms with Crippen LogP contribution < -0.4 is 16.4 Å². The van der Waals surface area contributed by atoms with Crippen LogP contribution in [0, 0.1) is 0 Å². The molecule has 0 saturated carbocycles. The second-order valence-electron chi connectivity index (χ2n) is 4.31. The maximum absolute atomic E-state index is 11.8. The van der Waals surface area contributed by atoms with Gasteiger partial charge in [0.05, 0.1) is 16.4 Å². The van der Waals surface area contributed by atoms with Gasteiger partial charge in [-0.3, -0.25) is 4.79 Å². The summed E-state index contributed by atoms with van der Waals surface area (Å²) < 4.78 is 22.7. The second kappa shape index (κ2) is 7.49. The molecule has 0 bridgehead atoms. The molecule has 1 heterocycles. The minimum absolute atomic E-state index is 0.0681. The van der Waals surface area contributed by atoms with Crippen LogP contribution >= 0.6 is 11.3 Å². The summed E-state index contributed by atoms with van der Waals surface area (Å²) in [6, 6.07) is 1.66. The van der Waals surface area contributed by atoms with E-state index in [2.05, 4.69) is 10.6 Å². The van der Waals surface area contributed by atoms with Crippen LogP contribution in [0.3, 0.4) is 0 Å². The lowest BCUT2D eigenvalue weighted by Gasteiger charge is -2.03. The number of carbonyl (C=O) groups is 1. The van der Waals surface area contributed by atoms with Crippen molar-refractivity contribution in [1.29, 1.82) is 0 Å². The van der Waals surface area contributed by atoms with Gasteiger partial charge >= 0.3 is 0 Å². The standard InChI is InChI=1S/C12H21N3O3S2/c1-3-5-15-12(16)11-9(13)8-10(19-11)14-6-7-20(17,18)4-2/h8,14H,3-7,13H2,1-2H3,(H,15,16). The monoisotopic (exact) mass is 319 g/mol. The van der Waals surface area contributed by atoms with Crippen molar-refractivity contribution in [1.82, 2.24) is 5.32 Å². The van der Waals surface area contributed by atoms with Gasteiger partial charge in [-0.1, -0.05) is 13.8 Å². The number of anilines is 2. The summed E-state index contributed by atoms with van der Waals surface area (Å²) in [5.74, 6) is 0.00788. The molecule has 0 aliphatic heterocycles. The molecule has 114 valence electrons. The third kappa shape index (κ3) is 5.01. The Morgan fingerprint density at radius 1 is 1.35 bits per heavy atom. The van der Waals surface area contributed by atoms with Gasteiger partial charge in [-0.15, -0.1) is 11.3 Å². The van der Waals surface area contributed by atoms with Gasteiger partial charge in [0.2, 0.25) is 0 Å². The molecule has 0 aromatic carbocycles. The van der Waals surface area contributed by atoms with Gasteiger partial charge in [0, 0.05) is 18.8 Å². The van der Waals surface area contributed by atoms with E-state index in [9.17, 15) is 13.2 Å². The number of nitrogens with one attached hydrogen (secondary N) is 2. The molecule has 0 saturated heterocycles. The lowest BCUT2D eigenvalue weighted by atomic mass is 10.3. The number of rotatable bonds is 8. The Morgan fingerprint density at radius 3 is 2.65 bits per heavy atom. The van der Waals surface area contributed by atoms with Crippen LogP contribution in [0.4, 0.5) is 10.7 Å². The number of hydrogen-bond acceptors (Lipinski definition) is 6. The van der Waals surface area contributed by atoms with E-state index in [1.54, 1.807) is 13.0 Å². The van der Waals surface area contributed by atoms with Gasteiger partial charge in [-0.25, -0.2) is 8.42 Å². The summed E-state index contributed by atoms with van der Waals surface area (Å²) in [6.07, 6.45) is 0.858. The van der Waals surface area contributed by atoms with Crippen molar-refractivity contribution < 1.29 is 13.2 Å². The number of nitrogen functional groups attached to an aromatic ring is 1. The van der Waals surface area contributed by atoms with Gasteiger partial charge in [-0.2, -0.15) is 0 Å². The molecule has 0 spiro atoms. The van der Waals surface area contributed by atoms with Crippen LogP contribution in [-0.2, 0) is 9.84 Å². The van der Waals surface area contributed by atoms with Gasteiger partial charge in [-0.05, 0) is 12.5 Å². The van der Waals surface area contributed by atoms with E-state index in [4.69, 9.17) is 5.73 Å². The maximum Gasteiger partial charge on any atom is 0.263 e. The molecule has 4 N–H and O–H groups in total. The molecule has 1 aromatic rings. The Morgan fingerprint density at radius 2 is 2.05 bits per heavy atom. The van der Waals surface area contributed by atoms with E-state index < -0.39 is 9.84 Å². The summed E-state index contributed by atoms with van der Waals surface area (Å²) in [5.41, 5.74) is 6.20. The number of sulfone groups is 1. The third-order valence-corrected chi connectivity index (χ3v) is 5.47. The summed E-state index contributed by atoms with van der Waals surface area (Å²) >= 11 is 1.23. The average molecular weight is 319 g/mol. The molecule has 0 fully saturated rings. The van der Waals surface area contributed by atoms with Gasteiger partial charge in [0.25, 0.3) is 5.91 Å². The predicted molar refractivity (Wildman–Crippen MR) is 84.2 cm³/mol. The van der Waals surface area contributed by atoms with E-state index in [-0.39, 0.29) is 17.4 Å². The lowest BCUT2D eigenvalue weighted by molar-refractivity contribution is 0.0958. The predicted octanol–water partition coefficient (Wildman–Crippen LogP) is 1.32. The van der Waals surface area contributed by atoms with Crippen molar-refractivity contribution in [2.45, 2.75) is 20.3 Å². The molecule has 1 rings (SSSR count). The molecular formula is C12H21N3O3S2. The molecule has 6 nitrogen and oxygen atoms in total. The molecule has 20 heavy (non-hydrogen) atoms. The maximum atomic E-state index is 11.8. The SMILES string of the molecule is CCCNC(=O)c1sc(NCCS(=O)(=O)CC)cc1N. The molecule has 0 aliphatic carbocycles. The number of carbonyl (C=O) groups excluding carboxylic acids is 1. The molecule has 8 heteroatoms. The lowest BCUT2D eigenvalue weighted by Crippen LogP contribution is -2.23. The first kappa shape index (κ1) is 16.8. The summed E-state index contributed by atoms with van der Waals surface area (Å²) in [6.45, 7) is 4.51. The van der Waals surface area contributed by atoms with Crippen LogP contribution in [0.15, 0.2) is 6.07 Å². The molecule has 0 unspecified atom stereocenters. The Balaban J connectivity index is 2.59. The molecule has 0 radical (unpaired) electrons. The van der Waals surface area contributed by atoms with Crippen molar-refractivity contribution in [2.75, 3.05) is 35.6 Å². The Kier molecular flexibility index (Phi) is 6.28. The second-order valence-corrected chi connectivity index (χ2v) is 7.84. The first-order valence-electron chi connectivity index (χ1n) is 6.51. The highest BCUT2D eigenvalue weighted by atomic mass is 32.2. The Bertz CT molecular complexity index is 552. The summed E-state index contributed by atoms with van der Waals surface area (Å²) in [7, 11) is -2.99. The highest BCUT2D eigenvalue weighted by molar-refractivity contribution is 7.91. The smallest absolute Gasteiger partial charge is 0.263 e. The van der Waals surface area contributed by atoms with Crippen molar-refractivity contribution in [3.05, 3.63) is 10.9 Å². The van der Waals surface area contributed by atoms with Gasteiger partial charge in [0.15, 0.2) is 9.84 Å². The quantitative estimate of drug-likeness (QED) is 0.671. The highest BCUT2D eigenvalue weighted by Gasteiger charge is 2.14. The number of hydrogen-bond donors (Lipinski definition) is 3. The van der Waals surface area contributed by atoms with E-state index in [1.807, 2.05) is 6.92 Å². The Labute approximate surface area is 123 Å². The zero-order chi connectivity index (χ0) is 15.2. The number of amides is 1. The first-order valence-corrected chi connectivity index (χ1v) is 9.15. The number of thiophene rings is 1. The van der Waals surface area contributed by atoms with Crippen LogP contribution in [0.1, 0.15) is 29.9 Å². The fraction of sp³-hybridized carbons (Fsp3) is 0.583. The van der Waals surface area contributed by atoms with Crippen LogP contribution in [0.2, 0.25) is 0 Å². The highest BCUT2D eigenvalue weighted by Crippen LogP contribution is 2.28. The molecule has 0 aliphatic rings. The van der Waals surface area contributed by atoms with E-state index in [1.165, 1.54) is 11.3 Å². The zero-order valence-electron chi connectivity index (χ0n) is 11.7. The Hall–Kier alpha value is -1.28. The molecule has 1 aromatic heterocycles. The molecule has 0 atom stereocenters. The fourth-order valence-electron chi connectivity index (χ4n) is 1.46. The van der Waals surface area contributed by atoms with Crippen molar-refractivity contribution in [2.24, 2.45) is 0 Å². The van der Waals surface area contributed by atoms with E-state index >= 15 is 0 Å². The van der Waals surface area contributed by atoms with Crippen LogP contribution in [0.25, 0.3) is 0 Å². The van der Waals surface area contributed by atoms with Crippen molar-refractivity contribution >= 4 is 37.8 Å². The van der Waals surface area contributed by atoms with Crippen molar-refractivity contribution in [3.8, 4) is 0 Å². The minimum Gasteiger partial charge on any atom is -0.397 e.